The molecule has 3 heteroatoms. The van der Waals surface area contributed by atoms with E-state index in [0.29, 0.717) is 5.88 Å². The first-order valence-corrected chi connectivity index (χ1v) is 5.03. The third kappa shape index (κ3) is 4.01. The monoisotopic (exact) mass is 204 g/mol. The number of ether oxygens (including phenoxy) is 1. The number of methoxy groups -OCH3 is 1. The van der Waals surface area contributed by atoms with E-state index in [2.05, 4.69) is 23.7 Å². The molecule has 0 aliphatic carbocycles. The van der Waals surface area contributed by atoms with Crippen molar-refractivity contribution in [2.75, 3.05) is 7.11 Å². The summed E-state index contributed by atoms with van der Waals surface area (Å²) in [6.45, 7) is 2.09. The largest absolute Gasteiger partial charge is 0.481 e. The molecule has 3 nitrogen and oxygen atoms in total. The fourth-order valence-electron chi connectivity index (χ4n) is 1.16. The first-order chi connectivity index (χ1) is 7.26. The fraction of sp³-hybridized carbons (Fsp3) is 0.417. The van der Waals surface area contributed by atoms with Crippen molar-refractivity contribution in [3.63, 3.8) is 0 Å². The maximum absolute atomic E-state index is 5.78. The SMILES string of the molecule is CCCC(N)C#Cc1ccnc(OC)c1. The first-order valence-electron chi connectivity index (χ1n) is 5.03. The van der Waals surface area contributed by atoms with E-state index in [9.17, 15) is 0 Å². The average molecular weight is 204 g/mol. The molecule has 0 saturated heterocycles. The van der Waals surface area contributed by atoms with Gasteiger partial charge in [-0.05, 0) is 12.5 Å². The smallest absolute Gasteiger partial charge is 0.214 e. The molecule has 80 valence electrons. The molecule has 0 spiro atoms. The number of aromatic nitrogens is 1. The van der Waals surface area contributed by atoms with Gasteiger partial charge in [0.1, 0.15) is 0 Å². The molecular formula is C12H16N2O. The van der Waals surface area contributed by atoms with Gasteiger partial charge < -0.3 is 10.5 Å². The van der Waals surface area contributed by atoms with Crippen LogP contribution in [0.15, 0.2) is 18.3 Å². The number of nitrogens with zero attached hydrogens (tertiary/aromatic N) is 1. The van der Waals surface area contributed by atoms with E-state index >= 15 is 0 Å². The van der Waals surface area contributed by atoms with Crippen LogP contribution in [0, 0.1) is 11.8 Å². The van der Waals surface area contributed by atoms with Crippen molar-refractivity contribution in [2.45, 2.75) is 25.8 Å². The molecule has 1 heterocycles. The third-order valence-electron chi connectivity index (χ3n) is 1.95. The molecule has 0 saturated carbocycles. The van der Waals surface area contributed by atoms with Crippen molar-refractivity contribution < 1.29 is 4.74 Å². The van der Waals surface area contributed by atoms with Crippen LogP contribution in [0.1, 0.15) is 25.3 Å². The Bertz CT molecular complexity index is 365. The number of hydrogen-bond donors (Lipinski definition) is 1. The van der Waals surface area contributed by atoms with Gasteiger partial charge in [-0.3, -0.25) is 0 Å². The second kappa shape index (κ2) is 6.05. The predicted octanol–water partition coefficient (Wildman–Crippen LogP) is 1.57. The molecule has 1 atom stereocenters. The van der Waals surface area contributed by atoms with E-state index in [-0.39, 0.29) is 6.04 Å². The van der Waals surface area contributed by atoms with Gasteiger partial charge in [-0.15, -0.1) is 0 Å². The Balaban J connectivity index is 2.70. The van der Waals surface area contributed by atoms with Crippen LogP contribution >= 0.6 is 0 Å². The normalized spacial score (nSPS) is 11.4. The van der Waals surface area contributed by atoms with Gasteiger partial charge in [0.15, 0.2) is 0 Å². The van der Waals surface area contributed by atoms with Crippen LogP contribution in [-0.4, -0.2) is 18.1 Å². The van der Waals surface area contributed by atoms with E-state index in [1.165, 1.54) is 0 Å². The van der Waals surface area contributed by atoms with Gasteiger partial charge in [0.2, 0.25) is 5.88 Å². The van der Waals surface area contributed by atoms with E-state index in [0.717, 1.165) is 18.4 Å². The van der Waals surface area contributed by atoms with Crippen molar-refractivity contribution in [2.24, 2.45) is 5.73 Å². The molecule has 0 radical (unpaired) electrons. The zero-order valence-electron chi connectivity index (χ0n) is 9.16. The van der Waals surface area contributed by atoms with E-state index in [4.69, 9.17) is 10.5 Å². The molecule has 1 unspecified atom stereocenters. The van der Waals surface area contributed by atoms with Crippen LogP contribution in [-0.2, 0) is 0 Å². The van der Waals surface area contributed by atoms with E-state index in [1.54, 1.807) is 19.4 Å². The number of hydrogen-bond acceptors (Lipinski definition) is 3. The molecule has 1 aromatic heterocycles. The summed E-state index contributed by atoms with van der Waals surface area (Å²) in [5, 5.41) is 0. The third-order valence-corrected chi connectivity index (χ3v) is 1.95. The standard InChI is InChI=1S/C12H16N2O/c1-3-4-11(13)6-5-10-7-8-14-12(9-10)15-2/h7-9,11H,3-4,13H2,1-2H3. The van der Waals surface area contributed by atoms with Gasteiger partial charge in [-0.1, -0.05) is 25.2 Å². The van der Waals surface area contributed by atoms with Crippen molar-refractivity contribution in [1.82, 2.24) is 4.98 Å². The Morgan fingerprint density at radius 3 is 3.07 bits per heavy atom. The fourth-order valence-corrected chi connectivity index (χ4v) is 1.16. The molecule has 0 bridgehead atoms. The van der Waals surface area contributed by atoms with Crippen LogP contribution in [0.5, 0.6) is 5.88 Å². The quantitative estimate of drug-likeness (QED) is 0.760. The minimum atomic E-state index is -0.0471. The lowest BCUT2D eigenvalue weighted by molar-refractivity contribution is 0.398. The lowest BCUT2D eigenvalue weighted by Crippen LogP contribution is -2.16. The van der Waals surface area contributed by atoms with Gasteiger partial charge >= 0.3 is 0 Å². The van der Waals surface area contributed by atoms with Crippen molar-refractivity contribution in [1.29, 1.82) is 0 Å². The van der Waals surface area contributed by atoms with E-state index < -0.39 is 0 Å². The van der Waals surface area contributed by atoms with Crippen LogP contribution in [0.4, 0.5) is 0 Å². The molecule has 0 fully saturated rings. The first kappa shape index (κ1) is 11.5. The van der Waals surface area contributed by atoms with E-state index in [1.807, 2.05) is 6.07 Å². The Labute approximate surface area is 90.7 Å². The van der Waals surface area contributed by atoms with Gasteiger partial charge in [0, 0.05) is 17.8 Å². The number of nitrogens with two attached hydrogens (primary N) is 1. The van der Waals surface area contributed by atoms with Crippen molar-refractivity contribution in [3.05, 3.63) is 23.9 Å². The highest BCUT2D eigenvalue weighted by Gasteiger charge is 1.95. The Morgan fingerprint density at radius 1 is 1.60 bits per heavy atom. The average Bonchev–Trinajstić information content (AvgIpc) is 2.27. The van der Waals surface area contributed by atoms with Crippen LogP contribution < -0.4 is 10.5 Å². The number of pyridine rings is 1. The maximum Gasteiger partial charge on any atom is 0.214 e. The molecule has 15 heavy (non-hydrogen) atoms. The minimum Gasteiger partial charge on any atom is -0.481 e. The highest BCUT2D eigenvalue weighted by molar-refractivity contribution is 5.36. The topological polar surface area (TPSA) is 48.1 Å². The molecule has 2 N–H and O–H groups in total. The zero-order chi connectivity index (χ0) is 11.1. The van der Waals surface area contributed by atoms with Gasteiger partial charge in [0.25, 0.3) is 0 Å². The zero-order valence-corrected chi connectivity index (χ0v) is 9.16. The van der Waals surface area contributed by atoms with Gasteiger partial charge in [-0.2, -0.15) is 0 Å². The lowest BCUT2D eigenvalue weighted by atomic mass is 10.1. The van der Waals surface area contributed by atoms with Crippen molar-refractivity contribution >= 4 is 0 Å². The van der Waals surface area contributed by atoms with Crippen LogP contribution in [0.2, 0.25) is 0 Å². The Hall–Kier alpha value is -1.53. The molecule has 0 aromatic carbocycles. The summed E-state index contributed by atoms with van der Waals surface area (Å²) in [5.74, 6) is 6.58. The second-order valence-electron chi connectivity index (χ2n) is 3.25. The summed E-state index contributed by atoms with van der Waals surface area (Å²) >= 11 is 0. The highest BCUT2D eigenvalue weighted by Crippen LogP contribution is 2.06. The minimum absolute atomic E-state index is 0.0471. The highest BCUT2D eigenvalue weighted by atomic mass is 16.5. The summed E-state index contributed by atoms with van der Waals surface area (Å²) in [6.07, 6.45) is 3.65. The van der Waals surface area contributed by atoms with Crippen LogP contribution in [0.25, 0.3) is 0 Å². The maximum atomic E-state index is 5.78. The number of rotatable bonds is 3. The summed E-state index contributed by atoms with van der Waals surface area (Å²) in [4.78, 5) is 4.00. The molecule has 0 amide bonds. The summed E-state index contributed by atoms with van der Waals surface area (Å²) in [6, 6.07) is 3.59. The van der Waals surface area contributed by atoms with Crippen molar-refractivity contribution in [3.8, 4) is 17.7 Å². The lowest BCUT2D eigenvalue weighted by Gasteiger charge is -2.00. The van der Waals surface area contributed by atoms with Gasteiger partial charge in [-0.25, -0.2) is 4.98 Å². The summed E-state index contributed by atoms with van der Waals surface area (Å²) in [5.41, 5.74) is 6.66. The molecule has 1 aromatic rings. The molecule has 0 aliphatic rings. The van der Waals surface area contributed by atoms with Crippen LogP contribution in [0.3, 0.4) is 0 Å². The van der Waals surface area contributed by atoms with Gasteiger partial charge in [0.05, 0.1) is 13.2 Å². The second-order valence-corrected chi connectivity index (χ2v) is 3.25. The predicted molar refractivity (Wildman–Crippen MR) is 60.6 cm³/mol. The Morgan fingerprint density at radius 2 is 2.40 bits per heavy atom. The Kier molecular flexibility index (Phi) is 4.65. The molecule has 1 rings (SSSR count). The summed E-state index contributed by atoms with van der Waals surface area (Å²) < 4.78 is 5.00. The molecular weight excluding hydrogens is 188 g/mol. The summed E-state index contributed by atoms with van der Waals surface area (Å²) in [7, 11) is 1.59. The molecule has 0 aliphatic heterocycles.